The van der Waals surface area contributed by atoms with Crippen molar-refractivity contribution in [3.8, 4) is 0 Å². The molecule has 2 aromatic rings. The van der Waals surface area contributed by atoms with Gasteiger partial charge < -0.3 is 10.0 Å². The molecule has 0 bridgehead atoms. The minimum absolute atomic E-state index is 0.0184. The van der Waals surface area contributed by atoms with Gasteiger partial charge in [0.05, 0.1) is 6.42 Å². The van der Waals surface area contributed by atoms with E-state index < -0.39 is 12.1 Å². The van der Waals surface area contributed by atoms with Crippen LogP contribution in [0.4, 0.5) is 10.1 Å². The molecule has 4 heteroatoms. The second-order valence-electron chi connectivity index (χ2n) is 6.83. The van der Waals surface area contributed by atoms with Gasteiger partial charge in [-0.3, -0.25) is 4.79 Å². The minimum atomic E-state index is -0.954. The first-order chi connectivity index (χ1) is 12.0. The van der Waals surface area contributed by atoms with E-state index in [1.165, 1.54) is 16.7 Å². The summed E-state index contributed by atoms with van der Waals surface area (Å²) in [7, 11) is 0. The van der Waals surface area contributed by atoms with Gasteiger partial charge in [-0.1, -0.05) is 36.4 Å². The number of alkyl halides is 1. The second kappa shape index (κ2) is 7.68. The number of carbonyl (C=O) groups is 1. The number of benzene rings is 2. The summed E-state index contributed by atoms with van der Waals surface area (Å²) in [5, 5.41) is 9.02. The fraction of sp³-hybridized carbons (Fsp3) is 0.381. The molecule has 0 saturated carbocycles. The average Bonchev–Trinajstić information content (AvgIpc) is 2.94. The molecule has 0 aliphatic carbocycles. The van der Waals surface area contributed by atoms with Crippen LogP contribution in [-0.2, 0) is 17.6 Å². The Morgan fingerprint density at radius 1 is 1.16 bits per heavy atom. The van der Waals surface area contributed by atoms with Crippen LogP contribution in [0.25, 0.3) is 0 Å². The van der Waals surface area contributed by atoms with Gasteiger partial charge in [-0.05, 0) is 48.6 Å². The molecule has 0 amide bonds. The van der Waals surface area contributed by atoms with Crippen LogP contribution in [0.3, 0.4) is 0 Å². The van der Waals surface area contributed by atoms with E-state index in [-0.39, 0.29) is 19.0 Å². The molecule has 1 fully saturated rings. The van der Waals surface area contributed by atoms with Crippen molar-refractivity contribution in [2.45, 2.75) is 44.8 Å². The van der Waals surface area contributed by atoms with Gasteiger partial charge in [0, 0.05) is 24.7 Å². The summed E-state index contributed by atoms with van der Waals surface area (Å²) < 4.78 is 13.8. The smallest absolute Gasteiger partial charge is 0.305 e. The van der Waals surface area contributed by atoms with Crippen molar-refractivity contribution >= 4 is 11.7 Å². The summed E-state index contributed by atoms with van der Waals surface area (Å²) in [5.74, 6) is -0.876. The molecule has 1 N–H and O–H groups in total. The number of anilines is 1. The number of aryl methyl sites for hydroxylation is 3. The molecule has 3 nitrogen and oxygen atoms in total. The molecular weight excluding hydrogens is 317 g/mol. The highest BCUT2D eigenvalue weighted by molar-refractivity contribution is 5.69. The van der Waals surface area contributed by atoms with Crippen LogP contribution in [0, 0.1) is 6.92 Å². The van der Waals surface area contributed by atoms with E-state index in [1.807, 2.05) is 17.0 Å². The Morgan fingerprint density at radius 3 is 2.56 bits per heavy atom. The Morgan fingerprint density at radius 2 is 1.88 bits per heavy atom. The van der Waals surface area contributed by atoms with Crippen molar-refractivity contribution in [3.05, 3.63) is 65.2 Å². The second-order valence-corrected chi connectivity index (χ2v) is 6.83. The van der Waals surface area contributed by atoms with Crippen LogP contribution < -0.4 is 4.90 Å². The molecule has 0 aromatic heterocycles. The van der Waals surface area contributed by atoms with Gasteiger partial charge >= 0.3 is 5.97 Å². The molecule has 1 heterocycles. The van der Waals surface area contributed by atoms with Crippen LogP contribution in [0.2, 0.25) is 0 Å². The third kappa shape index (κ3) is 4.38. The molecule has 2 atom stereocenters. The molecule has 1 saturated heterocycles. The summed E-state index contributed by atoms with van der Waals surface area (Å²) in [6.45, 7) is 2.41. The fourth-order valence-corrected chi connectivity index (χ4v) is 3.59. The highest BCUT2D eigenvalue weighted by Crippen LogP contribution is 2.29. The van der Waals surface area contributed by atoms with E-state index in [0.29, 0.717) is 6.42 Å². The largest absolute Gasteiger partial charge is 0.481 e. The van der Waals surface area contributed by atoms with E-state index in [0.717, 1.165) is 18.5 Å². The van der Waals surface area contributed by atoms with Gasteiger partial charge in [-0.2, -0.15) is 0 Å². The van der Waals surface area contributed by atoms with Gasteiger partial charge in [-0.15, -0.1) is 0 Å². The number of carboxylic acid groups (broad SMARTS) is 1. The van der Waals surface area contributed by atoms with E-state index in [2.05, 4.69) is 43.3 Å². The van der Waals surface area contributed by atoms with Crippen LogP contribution in [0.15, 0.2) is 48.5 Å². The van der Waals surface area contributed by atoms with Gasteiger partial charge in [0.1, 0.15) is 6.17 Å². The topological polar surface area (TPSA) is 40.5 Å². The molecule has 3 rings (SSSR count). The maximum absolute atomic E-state index is 13.8. The monoisotopic (exact) mass is 341 g/mol. The Kier molecular flexibility index (Phi) is 5.37. The van der Waals surface area contributed by atoms with Gasteiger partial charge in [0.15, 0.2) is 0 Å². The average molecular weight is 341 g/mol. The first-order valence-electron chi connectivity index (χ1n) is 8.79. The minimum Gasteiger partial charge on any atom is -0.481 e. The Labute approximate surface area is 148 Å². The number of nitrogens with zero attached hydrogens (tertiary/aromatic N) is 1. The van der Waals surface area contributed by atoms with Crippen LogP contribution in [0.5, 0.6) is 0 Å². The number of halogens is 1. The predicted molar refractivity (Wildman–Crippen MR) is 97.9 cm³/mol. The highest BCUT2D eigenvalue weighted by atomic mass is 19.1. The highest BCUT2D eigenvalue weighted by Gasteiger charge is 2.33. The van der Waals surface area contributed by atoms with Crippen molar-refractivity contribution in [1.29, 1.82) is 0 Å². The summed E-state index contributed by atoms with van der Waals surface area (Å²) in [6.07, 6.45) is 1.26. The van der Waals surface area contributed by atoms with Crippen molar-refractivity contribution in [2.24, 2.45) is 0 Å². The number of hydrogen-bond acceptors (Lipinski definition) is 2. The maximum Gasteiger partial charge on any atom is 0.305 e. The molecule has 2 unspecified atom stereocenters. The lowest BCUT2D eigenvalue weighted by atomic mass is 10.0. The zero-order chi connectivity index (χ0) is 17.8. The molecule has 0 spiro atoms. The van der Waals surface area contributed by atoms with Crippen LogP contribution >= 0.6 is 0 Å². The Hall–Kier alpha value is -2.36. The molecule has 1 aliphatic rings. The zero-order valence-electron chi connectivity index (χ0n) is 14.5. The van der Waals surface area contributed by atoms with Crippen LogP contribution in [0.1, 0.15) is 29.5 Å². The van der Waals surface area contributed by atoms with Crippen molar-refractivity contribution in [1.82, 2.24) is 0 Å². The van der Waals surface area contributed by atoms with E-state index in [4.69, 9.17) is 5.11 Å². The van der Waals surface area contributed by atoms with E-state index in [9.17, 15) is 9.18 Å². The van der Waals surface area contributed by atoms with Crippen molar-refractivity contribution in [3.63, 3.8) is 0 Å². The SMILES string of the molecule is Cc1ccccc1CCc1ccc(N2CC(F)CC2CC(=O)O)cc1. The molecule has 132 valence electrons. The number of rotatable bonds is 6. The third-order valence-corrected chi connectivity index (χ3v) is 4.99. The quantitative estimate of drug-likeness (QED) is 0.857. The van der Waals surface area contributed by atoms with Crippen molar-refractivity contribution < 1.29 is 14.3 Å². The number of hydrogen-bond donors (Lipinski definition) is 1. The molecule has 1 aliphatic heterocycles. The van der Waals surface area contributed by atoms with Gasteiger partial charge in [0.25, 0.3) is 0 Å². The van der Waals surface area contributed by atoms with Crippen LogP contribution in [-0.4, -0.2) is 29.8 Å². The lowest BCUT2D eigenvalue weighted by molar-refractivity contribution is -0.137. The lowest BCUT2D eigenvalue weighted by Gasteiger charge is -2.25. The Bertz CT molecular complexity index is 729. The number of carboxylic acids is 1. The molecule has 2 aromatic carbocycles. The summed E-state index contributed by atoms with van der Waals surface area (Å²) in [6, 6.07) is 16.2. The Balaban J connectivity index is 1.65. The predicted octanol–water partition coefficient (Wildman–Crippen LogP) is 4.17. The van der Waals surface area contributed by atoms with Gasteiger partial charge in [0.2, 0.25) is 0 Å². The first-order valence-corrected chi connectivity index (χ1v) is 8.79. The maximum atomic E-state index is 13.8. The normalized spacial score (nSPS) is 20.0. The fourth-order valence-electron chi connectivity index (χ4n) is 3.59. The third-order valence-electron chi connectivity index (χ3n) is 4.99. The first kappa shape index (κ1) is 17.5. The summed E-state index contributed by atoms with van der Waals surface area (Å²) in [4.78, 5) is 12.9. The molecule has 0 radical (unpaired) electrons. The van der Waals surface area contributed by atoms with E-state index in [1.54, 1.807) is 0 Å². The zero-order valence-corrected chi connectivity index (χ0v) is 14.5. The number of aliphatic carboxylic acids is 1. The van der Waals surface area contributed by atoms with Gasteiger partial charge in [-0.25, -0.2) is 4.39 Å². The molecule has 25 heavy (non-hydrogen) atoms. The van der Waals surface area contributed by atoms with Crippen molar-refractivity contribution in [2.75, 3.05) is 11.4 Å². The summed E-state index contributed by atoms with van der Waals surface area (Å²) in [5.41, 5.74) is 4.80. The lowest BCUT2D eigenvalue weighted by Crippen LogP contribution is -2.31. The van der Waals surface area contributed by atoms with E-state index >= 15 is 0 Å². The standard InChI is InChI=1S/C21H24FNO2/c1-15-4-2-3-5-17(15)9-6-16-7-10-19(11-8-16)23-14-18(22)12-20(23)13-21(24)25/h2-5,7-8,10-11,18,20H,6,9,12-14H2,1H3,(H,24,25). The molecular formula is C21H24FNO2. The summed E-state index contributed by atoms with van der Waals surface area (Å²) >= 11 is 0.